The smallest absolute Gasteiger partial charge is 0.273 e. The third kappa shape index (κ3) is 4.35. The molecule has 3 N–H and O–H groups in total. The summed E-state index contributed by atoms with van der Waals surface area (Å²) in [6, 6.07) is 19.6. The lowest BCUT2D eigenvalue weighted by Gasteiger charge is -2.13. The molecule has 0 fully saturated rings. The Balaban J connectivity index is 1.77. The predicted molar refractivity (Wildman–Crippen MR) is 127 cm³/mol. The number of fused-ring (bicyclic) bond motifs is 1. The fourth-order valence-electron chi connectivity index (χ4n) is 3.44. The zero-order chi connectivity index (χ0) is 23.5. The molecule has 0 radical (unpaired) electrons. The van der Waals surface area contributed by atoms with E-state index in [0.717, 1.165) is 11.6 Å². The van der Waals surface area contributed by atoms with Gasteiger partial charge in [0.25, 0.3) is 11.6 Å². The standard InChI is InChI=1S/C25H19N3O5/c1-15-6-2-5-9-21(15)27-25(31)19-12-16-7-3-4-8-18(16)20(24(19)30)14-26-22-11-10-17(28(32)33)13-23(22)29/h2-14,29-30H,1H3,(H,27,31). The predicted octanol–water partition coefficient (Wildman–Crippen LogP) is 5.47. The first-order valence-corrected chi connectivity index (χ1v) is 9.98. The van der Waals surface area contributed by atoms with Gasteiger partial charge in [-0.15, -0.1) is 0 Å². The summed E-state index contributed by atoms with van der Waals surface area (Å²) in [5.41, 5.74) is 1.66. The second-order valence-electron chi connectivity index (χ2n) is 7.36. The molecule has 0 aliphatic carbocycles. The number of para-hydroxylation sites is 1. The van der Waals surface area contributed by atoms with Crippen molar-refractivity contribution in [3.05, 3.63) is 99.6 Å². The number of hydrogen-bond donors (Lipinski definition) is 3. The van der Waals surface area contributed by atoms with Gasteiger partial charge in [-0.2, -0.15) is 0 Å². The maximum atomic E-state index is 13.0. The van der Waals surface area contributed by atoms with E-state index >= 15 is 0 Å². The van der Waals surface area contributed by atoms with Crippen molar-refractivity contribution in [3.63, 3.8) is 0 Å². The molecule has 4 rings (SSSR count). The first-order valence-electron chi connectivity index (χ1n) is 9.98. The Morgan fingerprint density at radius 1 is 1.03 bits per heavy atom. The van der Waals surface area contributed by atoms with Crippen LogP contribution in [-0.2, 0) is 0 Å². The Morgan fingerprint density at radius 3 is 2.48 bits per heavy atom. The van der Waals surface area contributed by atoms with Gasteiger partial charge in [-0.3, -0.25) is 19.9 Å². The molecule has 0 saturated heterocycles. The molecule has 8 heteroatoms. The number of non-ortho nitro benzene ring substituents is 1. The number of nitrogens with one attached hydrogen (secondary N) is 1. The zero-order valence-corrected chi connectivity index (χ0v) is 17.5. The van der Waals surface area contributed by atoms with E-state index in [1.807, 2.05) is 25.1 Å². The fourth-order valence-corrected chi connectivity index (χ4v) is 3.44. The van der Waals surface area contributed by atoms with Gasteiger partial charge in [0.15, 0.2) is 0 Å². The number of phenolic OH excluding ortho intramolecular Hbond substituents is 2. The Kier molecular flexibility index (Phi) is 5.73. The number of nitro benzene ring substituents is 1. The molecule has 4 aromatic carbocycles. The minimum Gasteiger partial charge on any atom is -0.506 e. The van der Waals surface area contributed by atoms with Crippen LogP contribution in [0.1, 0.15) is 21.5 Å². The highest BCUT2D eigenvalue weighted by atomic mass is 16.6. The highest BCUT2D eigenvalue weighted by Crippen LogP contribution is 2.34. The summed E-state index contributed by atoms with van der Waals surface area (Å²) < 4.78 is 0. The highest BCUT2D eigenvalue weighted by molar-refractivity contribution is 6.13. The third-order valence-electron chi connectivity index (χ3n) is 5.20. The maximum absolute atomic E-state index is 13.0. The van der Waals surface area contributed by atoms with Gasteiger partial charge in [-0.25, -0.2) is 0 Å². The molecule has 33 heavy (non-hydrogen) atoms. The Hall–Kier alpha value is -4.72. The van der Waals surface area contributed by atoms with Crippen molar-refractivity contribution in [3.8, 4) is 11.5 Å². The number of phenols is 2. The molecule has 0 saturated carbocycles. The molecule has 0 aliphatic rings. The quantitative estimate of drug-likeness (QED) is 0.215. The van der Waals surface area contributed by atoms with E-state index in [1.54, 1.807) is 36.4 Å². The number of anilines is 1. The van der Waals surface area contributed by atoms with Crippen molar-refractivity contribution in [2.75, 3.05) is 5.32 Å². The number of aromatic hydroxyl groups is 2. The molecular weight excluding hydrogens is 422 g/mol. The summed E-state index contributed by atoms with van der Waals surface area (Å²) in [5, 5.41) is 36.1. The molecule has 0 aliphatic heterocycles. The summed E-state index contributed by atoms with van der Waals surface area (Å²) in [7, 11) is 0. The van der Waals surface area contributed by atoms with E-state index in [4.69, 9.17) is 0 Å². The monoisotopic (exact) mass is 441 g/mol. The summed E-state index contributed by atoms with van der Waals surface area (Å²) in [6.07, 6.45) is 1.32. The number of carbonyl (C=O) groups is 1. The molecule has 1 amide bonds. The van der Waals surface area contributed by atoms with Crippen LogP contribution in [-0.4, -0.2) is 27.3 Å². The van der Waals surface area contributed by atoms with E-state index < -0.39 is 10.8 Å². The van der Waals surface area contributed by atoms with Gasteiger partial charge in [-0.05, 0) is 41.5 Å². The largest absolute Gasteiger partial charge is 0.506 e. The normalized spacial score (nSPS) is 11.1. The average molecular weight is 441 g/mol. The lowest BCUT2D eigenvalue weighted by molar-refractivity contribution is -0.384. The SMILES string of the molecule is Cc1ccccc1NC(=O)c1cc2ccccc2c(C=Nc2ccc([N+](=O)[O-])cc2O)c1O. The van der Waals surface area contributed by atoms with Crippen LogP contribution in [0.2, 0.25) is 0 Å². The van der Waals surface area contributed by atoms with E-state index in [2.05, 4.69) is 10.3 Å². The van der Waals surface area contributed by atoms with Crippen LogP contribution in [0.5, 0.6) is 11.5 Å². The Labute approximate surface area is 188 Å². The van der Waals surface area contributed by atoms with Gasteiger partial charge < -0.3 is 15.5 Å². The number of amides is 1. The molecule has 164 valence electrons. The van der Waals surface area contributed by atoms with Crippen LogP contribution < -0.4 is 5.32 Å². The molecule has 0 atom stereocenters. The van der Waals surface area contributed by atoms with Crippen LogP contribution >= 0.6 is 0 Å². The minimum atomic E-state index is -0.622. The van der Waals surface area contributed by atoms with Gasteiger partial charge in [0, 0.05) is 23.5 Å². The van der Waals surface area contributed by atoms with Crippen molar-refractivity contribution in [2.45, 2.75) is 6.92 Å². The van der Waals surface area contributed by atoms with Crippen LogP contribution in [0, 0.1) is 17.0 Å². The summed E-state index contributed by atoms with van der Waals surface area (Å²) in [4.78, 5) is 27.4. The fraction of sp³-hybridized carbons (Fsp3) is 0.0400. The summed E-state index contributed by atoms with van der Waals surface area (Å²) in [6.45, 7) is 1.87. The zero-order valence-electron chi connectivity index (χ0n) is 17.5. The summed E-state index contributed by atoms with van der Waals surface area (Å²) >= 11 is 0. The number of benzene rings is 4. The lowest BCUT2D eigenvalue weighted by atomic mass is 9.99. The average Bonchev–Trinajstić information content (AvgIpc) is 2.80. The van der Waals surface area contributed by atoms with Crippen molar-refractivity contribution in [1.29, 1.82) is 0 Å². The molecule has 4 aromatic rings. The molecule has 0 unspecified atom stereocenters. The Bertz CT molecular complexity index is 1430. The van der Waals surface area contributed by atoms with Gasteiger partial charge in [0.2, 0.25) is 0 Å². The van der Waals surface area contributed by atoms with Crippen LogP contribution in [0.4, 0.5) is 17.1 Å². The van der Waals surface area contributed by atoms with Crippen molar-refractivity contribution < 1.29 is 19.9 Å². The Morgan fingerprint density at radius 2 is 1.76 bits per heavy atom. The van der Waals surface area contributed by atoms with Gasteiger partial charge in [-0.1, -0.05) is 42.5 Å². The minimum absolute atomic E-state index is 0.0614. The number of rotatable bonds is 5. The van der Waals surface area contributed by atoms with Gasteiger partial charge in [0.1, 0.15) is 17.2 Å². The van der Waals surface area contributed by atoms with E-state index in [9.17, 15) is 25.1 Å². The van der Waals surface area contributed by atoms with Crippen molar-refractivity contribution >= 4 is 40.0 Å². The topological polar surface area (TPSA) is 125 Å². The third-order valence-corrected chi connectivity index (χ3v) is 5.20. The highest BCUT2D eigenvalue weighted by Gasteiger charge is 2.18. The first-order chi connectivity index (χ1) is 15.8. The number of nitrogens with zero attached hydrogens (tertiary/aromatic N) is 2. The van der Waals surface area contributed by atoms with Crippen LogP contribution in [0.3, 0.4) is 0 Å². The van der Waals surface area contributed by atoms with Gasteiger partial charge >= 0.3 is 0 Å². The number of aryl methyl sites for hydroxylation is 1. The van der Waals surface area contributed by atoms with Crippen LogP contribution in [0.15, 0.2) is 77.8 Å². The van der Waals surface area contributed by atoms with E-state index in [1.165, 1.54) is 18.3 Å². The second-order valence-corrected chi connectivity index (χ2v) is 7.36. The number of aliphatic imine (C=N–C) groups is 1. The molecule has 0 heterocycles. The number of hydrogen-bond acceptors (Lipinski definition) is 6. The maximum Gasteiger partial charge on any atom is 0.273 e. The van der Waals surface area contributed by atoms with E-state index in [-0.39, 0.29) is 34.0 Å². The van der Waals surface area contributed by atoms with Crippen molar-refractivity contribution in [1.82, 2.24) is 0 Å². The van der Waals surface area contributed by atoms with E-state index in [0.29, 0.717) is 16.5 Å². The van der Waals surface area contributed by atoms with Gasteiger partial charge in [0.05, 0.1) is 16.6 Å². The molecule has 0 aromatic heterocycles. The molecular formula is C25H19N3O5. The van der Waals surface area contributed by atoms with Crippen molar-refractivity contribution in [2.24, 2.45) is 4.99 Å². The lowest BCUT2D eigenvalue weighted by Crippen LogP contribution is -2.13. The molecule has 0 spiro atoms. The molecule has 0 bridgehead atoms. The molecule has 8 nitrogen and oxygen atoms in total. The second kappa shape index (κ2) is 8.80. The number of nitro groups is 1. The summed E-state index contributed by atoms with van der Waals surface area (Å²) in [5.74, 6) is -1.14. The first kappa shape index (κ1) is 21.5. The number of carbonyl (C=O) groups excluding carboxylic acids is 1. The van der Waals surface area contributed by atoms with Crippen LogP contribution in [0.25, 0.3) is 10.8 Å².